The van der Waals surface area contributed by atoms with Gasteiger partial charge in [-0.2, -0.15) is 0 Å². The highest BCUT2D eigenvalue weighted by Gasteiger charge is 2.12. The molecular weight excluding hydrogens is 330 g/mol. The van der Waals surface area contributed by atoms with E-state index in [1.165, 1.54) is 29.5 Å². The monoisotopic (exact) mass is 343 g/mol. The first-order valence-corrected chi connectivity index (χ1v) is 7.88. The number of rotatable bonds is 5. The van der Waals surface area contributed by atoms with Gasteiger partial charge in [0.1, 0.15) is 5.75 Å². The maximum atomic E-state index is 11.9. The van der Waals surface area contributed by atoms with Crippen molar-refractivity contribution in [3.05, 3.63) is 58.1 Å². The molecule has 0 saturated carbocycles. The minimum atomic E-state index is -0.459. The van der Waals surface area contributed by atoms with Gasteiger partial charge >= 0.3 is 0 Å². The number of aromatic nitrogens is 1. The van der Waals surface area contributed by atoms with E-state index >= 15 is 0 Å². The number of hydrogen-bond donors (Lipinski definition) is 1. The third-order valence-electron chi connectivity index (χ3n) is 3.28. The van der Waals surface area contributed by atoms with Crippen LogP contribution in [0.3, 0.4) is 0 Å². The summed E-state index contributed by atoms with van der Waals surface area (Å²) >= 11 is 1.38. The molecule has 0 aliphatic rings. The van der Waals surface area contributed by atoms with Gasteiger partial charge in [-0.1, -0.05) is 23.5 Å². The molecule has 122 valence electrons. The summed E-state index contributed by atoms with van der Waals surface area (Å²) in [6.45, 7) is 1.42. The molecule has 1 amide bonds. The van der Waals surface area contributed by atoms with Crippen LogP contribution in [0.25, 0.3) is 10.2 Å². The maximum absolute atomic E-state index is 11.9. The zero-order chi connectivity index (χ0) is 17.1. The van der Waals surface area contributed by atoms with Crippen molar-refractivity contribution in [2.24, 2.45) is 0 Å². The Morgan fingerprint density at radius 2 is 2.12 bits per heavy atom. The van der Waals surface area contributed by atoms with Crippen molar-refractivity contribution in [1.82, 2.24) is 4.98 Å². The van der Waals surface area contributed by atoms with Crippen LogP contribution in [-0.2, 0) is 4.79 Å². The summed E-state index contributed by atoms with van der Waals surface area (Å²) in [5.74, 6) is 0.0580. The van der Waals surface area contributed by atoms with Crippen LogP contribution in [0.1, 0.15) is 5.56 Å². The fraction of sp³-hybridized carbons (Fsp3) is 0.125. The summed E-state index contributed by atoms with van der Waals surface area (Å²) < 4.78 is 6.36. The zero-order valence-electron chi connectivity index (χ0n) is 12.7. The SMILES string of the molecule is Cc1cc(OCC(=O)Nc2nc3ccccc3s2)ccc1[N+](=O)[O-]. The maximum Gasteiger partial charge on any atom is 0.272 e. The Labute approximate surface area is 141 Å². The number of nitro groups is 1. The molecule has 1 heterocycles. The smallest absolute Gasteiger partial charge is 0.272 e. The molecule has 0 atom stereocenters. The number of para-hydroxylation sites is 1. The minimum absolute atomic E-state index is 0.0151. The van der Waals surface area contributed by atoms with Crippen molar-refractivity contribution in [3.63, 3.8) is 0 Å². The van der Waals surface area contributed by atoms with Gasteiger partial charge in [-0.3, -0.25) is 20.2 Å². The lowest BCUT2D eigenvalue weighted by atomic mass is 10.2. The van der Waals surface area contributed by atoms with Crippen LogP contribution in [0.4, 0.5) is 10.8 Å². The quantitative estimate of drug-likeness (QED) is 0.565. The Hall–Kier alpha value is -3.00. The molecule has 3 aromatic rings. The van der Waals surface area contributed by atoms with E-state index in [1.807, 2.05) is 24.3 Å². The normalized spacial score (nSPS) is 10.5. The average Bonchev–Trinajstić information content (AvgIpc) is 2.94. The van der Waals surface area contributed by atoms with Crippen LogP contribution in [0, 0.1) is 17.0 Å². The number of ether oxygens (including phenoxy) is 1. The van der Waals surface area contributed by atoms with Gasteiger partial charge in [0.15, 0.2) is 11.7 Å². The van der Waals surface area contributed by atoms with Crippen molar-refractivity contribution in [2.45, 2.75) is 6.92 Å². The molecular formula is C16H13N3O4S. The second kappa shape index (κ2) is 6.63. The summed E-state index contributed by atoms with van der Waals surface area (Å²) in [6, 6.07) is 12.0. The molecule has 0 fully saturated rings. The van der Waals surface area contributed by atoms with Crippen LogP contribution in [-0.4, -0.2) is 22.4 Å². The number of benzene rings is 2. The molecule has 0 bridgehead atoms. The minimum Gasteiger partial charge on any atom is -0.484 e. The molecule has 0 radical (unpaired) electrons. The van der Waals surface area contributed by atoms with Crippen LogP contribution >= 0.6 is 11.3 Å². The first-order chi connectivity index (χ1) is 11.5. The van der Waals surface area contributed by atoms with Crippen molar-refractivity contribution in [3.8, 4) is 5.75 Å². The Kier molecular flexibility index (Phi) is 4.39. The lowest BCUT2D eigenvalue weighted by Crippen LogP contribution is -2.20. The lowest BCUT2D eigenvalue weighted by Gasteiger charge is -2.06. The van der Waals surface area contributed by atoms with Crippen LogP contribution in [0.2, 0.25) is 0 Å². The van der Waals surface area contributed by atoms with Crippen molar-refractivity contribution < 1.29 is 14.5 Å². The Morgan fingerprint density at radius 3 is 2.83 bits per heavy atom. The fourth-order valence-corrected chi connectivity index (χ4v) is 3.03. The van der Waals surface area contributed by atoms with Gasteiger partial charge in [0.05, 0.1) is 15.1 Å². The molecule has 1 N–H and O–H groups in total. The Morgan fingerprint density at radius 1 is 1.33 bits per heavy atom. The topological polar surface area (TPSA) is 94.4 Å². The number of anilines is 1. The molecule has 7 nitrogen and oxygen atoms in total. The third kappa shape index (κ3) is 3.49. The molecule has 24 heavy (non-hydrogen) atoms. The number of fused-ring (bicyclic) bond motifs is 1. The summed E-state index contributed by atoms with van der Waals surface area (Å²) in [5, 5.41) is 14.0. The number of hydrogen-bond acceptors (Lipinski definition) is 6. The molecule has 0 aliphatic carbocycles. The number of carbonyl (C=O) groups is 1. The molecule has 0 unspecified atom stereocenters. The Bertz CT molecular complexity index is 890. The van der Waals surface area contributed by atoms with E-state index in [0.717, 1.165) is 10.2 Å². The highest BCUT2D eigenvalue weighted by atomic mass is 32.1. The van der Waals surface area contributed by atoms with E-state index in [0.29, 0.717) is 16.4 Å². The van der Waals surface area contributed by atoms with Crippen LogP contribution in [0.5, 0.6) is 5.75 Å². The number of nitrogens with zero attached hydrogens (tertiary/aromatic N) is 2. The molecule has 1 aromatic heterocycles. The van der Waals surface area contributed by atoms with Gasteiger partial charge < -0.3 is 4.74 Å². The fourth-order valence-electron chi connectivity index (χ4n) is 2.15. The van der Waals surface area contributed by atoms with Gasteiger partial charge in [0.25, 0.3) is 11.6 Å². The average molecular weight is 343 g/mol. The summed E-state index contributed by atoms with van der Waals surface area (Å²) in [6.07, 6.45) is 0. The standard InChI is InChI=1S/C16H13N3O4S/c1-10-8-11(6-7-13(10)19(21)22)23-9-15(20)18-16-17-12-4-2-3-5-14(12)24-16/h2-8H,9H2,1H3,(H,17,18,20). The van der Waals surface area contributed by atoms with Crippen LogP contribution in [0.15, 0.2) is 42.5 Å². The molecule has 2 aromatic carbocycles. The second-order valence-electron chi connectivity index (χ2n) is 5.03. The van der Waals surface area contributed by atoms with E-state index < -0.39 is 4.92 Å². The number of aryl methyl sites for hydroxylation is 1. The first kappa shape index (κ1) is 15.9. The molecule has 3 rings (SSSR count). The summed E-state index contributed by atoms with van der Waals surface area (Å²) in [7, 11) is 0. The Balaban J connectivity index is 1.61. The van der Waals surface area contributed by atoms with Gasteiger partial charge in [-0.05, 0) is 31.2 Å². The lowest BCUT2D eigenvalue weighted by molar-refractivity contribution is -0.385. The van der Waals surface area contributed by atoms with Gasteiger partial charge in [-0.25, -0.2) is 4.98 Å². The second-order valence-corrected chi connectivity index (χ2v) is 6.06. The highest BCUT2D eigenvalue weighted by molar-refractivity contribution is 7.22. The van der Waals surface area contributed by atoms with E-state index in [1.54, 1.807) is 6.92 Å². The zero-order valence-corrected chi connectivity index (χ0v) is 13.5. The van der Waals surface area contributed by atoms with E-state index in [-0.39, 0.29) is 18.2 Å². The first-order valence-electron chi connectivity index (χ1n) is 7.06. The number of nitrogens with one attached hydrogen (secondary N) is 1. The van der Waals surface area contributed by atoms with Gasteiger partial charge in [-0.15, -0.1) is 0 Å². The number of carbonyl (C=O) groups excluding carboxylic acids is 1. The van der Waals surface area contributed by atoms with Crippen molar-refractivity contribution in [1.29, 1.82) is 0 Å². The van der Waals surface area contributed by atoms with Crippen LogP contribution < -0.4 is 10.1 Å². The number of nitro benzene ring substituents is 1. The van der Waals surface area contributed by atoms with Crippen molar-refractivity contribution in [2.75, 3.05) is 11.9 Å². The van der Waals surface area contributed by atoms with Gasteiger partial charge in [0, 0.05) is 11.6 Å². The summed E-state index contributed by atoms with van der Waals surface area (Å²) in [5.41, 5.74) is 1.31. The third-order valence-corrected chi connectivity index (χ3v) is 4.23. The van der Waals surface area contributed by atoms with Crippen molar-refractivity contribution >= 4 is 38.3 Å². The number of thiazole rings is 1. The predicted molar refractivity (Wildman–Crippen MR) is 91.6 cm³/mol. The number of amides is 1. The largest absolute Gasteiger partial charge is 0.484 e. The molecule has 0 saturated heterocycles. The van der Waals surface area contributed by atoms with Gasteiger partial charge in [0.2, 0.25) is 0 Å². The molecule has 0 spiro atoms. The predicted octanol–water partition coefficient (Wildman–Crippen LogP) is 3.53. The molecule has 8 heteroatoms. The van der Waals surface area contributed by atoms with E-state index in [4.69, 9.17) is 4.74 Å². The van der Waals surface area contributed by atoms with E-state index in [9.17, 15) is 14.9 Å². The summed E-state index contributed by atoms with van der Waals surface area (Å²) in [4.78, 5) is 26.6. The highest BCUT2D eigenvalue weighted by Crippen LogP contribution is 2.25. The molecule has 0 aliphatic heterocycles. The van der Waals surface area contributed by atoms with E-state index in [2.05, 4.69) is 10.3 Å².